The fourth-order valence-electron chi connectivity index (χ4n) is 4.03. The lowest BCUT2D eigenvalue weighted by Gasteiger charge is -2.38. The number of nitrogens with zero attached hydrogens (tertiary/aromatic N) is 1. The molecule has 0 bridgehead atoms. The second-order valence-electron chi connectivity index (χ2n) is 9.61. The number of carboxylic acids is 1. The predicted molar refractivity (Wildman–Crippen MR) is 148 cm³/mol. The van der Waals surface area contributed by atoms with Crippen molar-refractivity contribution >= 4 is 47.3 Å². The Hall–Kier alpha value is -4.64. The molecule has 0 aliphatic carbocycles. The van der Waals surface area contributed by atoms with Gasteiger partial charge in [0.25, 0.3) is 11.8 Å². The van der Waals surface area contributed by atoms with Crippen LogP contribution in [0.25, 0.3) is 6.08 Å². The highest BCUT2D eigenvalue weighted by Crippen LogP contribution is 2.31. The number of imide groups is 1. The third-order valence-electron chi connectivity index (χ3n) is 6.41. The number of carboxylic acid groups (broad SMARTS) is 1. The maximum absolute atomic E-state index is 12.7. The summed E-state index contributed by atoms with van der Waals surface area (Å²) >= 11 is 0. The Kier molecular flexibility index (Phi) is 12.1. The molecule has 0 radical (unpaired) electrons. The minimum Gasteiger partial charge on any atom is -0.479 e. The Labute approximate surface area is 250 Å². The molecule has 6 N–H and O–H groups in total. The van der Waals surface area contributed by atoms with Gasteiger partial charge in [0.2, 0.25) is 18.1 Å². The van der Waals surface area contributed by atoms with Crippen molar-refractivity contribution in [1.29, 1.82) is 0 Å². The maximum atomic E-state index is 12.7. The number of amides is 4. The van der Waals surface area contributed by atoms with Gasteiger partial charge in [0, 0.05) is 44.5 Å². The smallest absolute Gasteiger partial charge is 0.335 e. The van der Waals surface area contributed by atoms with Gasteiger partial charge in [0.05, 0.1) is 5.69 Å². The number of hydrogen-bond acceptors (Lipinski definition) is 12. The predicted octanol–water partition coefficient (Wildman–Crippen LogP) is -1.32. The number of carbonyl (C=O) groups is 6. The molecule has 2 aliphatic rings. The molecular weight excluding hydrogens is 586 g/mol. The van der Waals surface area contributed by atoms with Gasteiger partial charge in [-0.1, -0.05) is 19.1 Å². The number of ether oxygens (including phenoxy) is 3. The molecule has 1 aromatic carbocycles. The Morgan fingerprint density at radius 2 is 1.70 bits per heavy atom. The topological polar surface area (TPSA) is 238 Å². The summed E-state index contributed by atoms with van der Waals surface area (Å²) in [6.45, 7) is 1.41. The molecular formula is C28H33N3O13. The lowest BCUT2D eigenvalue weighted by atomic mass is 9.99. The summed E-state index contributed by atoms with van der Waals surface area (Å²) in [5.41, 5.74) is 0.550. The summed E-state index contributed by atoms with van der Waals surface area (Å²) < 4.78 is 15.8. The van der Waals surface area contributed by atoms with E-state index >= 15 is 0 Å². The van der Waals surface area contributed by atoms with E-state index in [9.17, 15) is 49.2 Å². The van der Waals surface area contributed by atoms with Crippen LogP contribution < -0.4 is 15.4 Å². The van der Waals surface area contributed by atoms with E-state index in [-0.39, 0.29) is 50.4 Å². The normalized spacial score (nSPS) is 23.1. The quantitative estimate of drug-likeness (QED) is 0.105. The number of benzene rings is 1. The molecule has 0 spiro atoms. The van der Waals surface area contributed by atoms with Crippen molar-refractivity contribution < 1.29 is 63.4 Å². The first-order valence-corrected chi connectivity index (χ1v) is 13.6. The molecule has 16 heteroatoms. The van der Waals surface area contributed by atoms with Crippen LogP contribution in [0.1, 0.15) is 31.7 Å². The molecule has 44 heavy (non-hydrogen) atoms. The van der Waals surface area contributed by atoms with E-state index in [2.05, 4.69) is 10.6 Å². The zero-order valence-electron chi connectivity index (χ0n) is 23.6. The number of rotatable bonds is 14. The van der Waals surface area contributed by atoms with Crippen LogP contribution in [-0.4, -0.2) is 111 Å². The van der Waals surface area contributed by atoms with Crippen LogP contribution in [0.2, 0.25) is 0 Å². The molecule has 0 unspecified atom stereocenters. The fourth-order valence-corrected chi connectivity index (χ4v) is 4.03. The average molecular weight is 620 g/mol. The summed E-state index contributed by atoms with van der Waals surface area (Å²) in [4.78, 5) is 71.7. The van der Waals surface area contributed by atoms with Crippen molar-refractivity contribution in [1.82, 2.24) is 10.2 Å². The maximum Gasteiger partial charge on any atom is 0.335 e. The van der Waals surface area contributed by atoms with Crippen molar-refractivity contribution in [2.45, 2.75) is 56.9 Å². The van der Waals surface area contributed by atoms with Crippen LogP contribution in [0.4, 0.5) is 5.69 Å². The molecule has 5 atom stereocenters. The van der Waals surface area contributed by atoms with E-state index in [0.717, 1.165) is 17.1 Å². The number of esters is 1. The Morgan fingerprint density at radius 1 is 1.00 bits per heavy atom. The van der Waals surface area contributed by atoms with Gasteiger partial charge >= 0.3 is 11.9 Å². The van der Waals surface area contributed by atoms with Gasteiger partial charge in [-0.05, 0) is 23.8 Å². The van der Waals surface area contributed by atoms with Crippen LogP contribution in [-0.2, 0) is 38.2 Å². The van der Waals surface area contributed by atoms with Crippen molar-refractivity contribution in [2.24, 2.45) is 0 Å². The average Bonchev–Trinajstić information content (AvgIpc) is 3.31. The molecule has 1 fully saturated rings. The van der Waals surface area contributed by atoms with E-state index < -0.39 is 66.3 Å². The van der Waals surface area contributed by atoms with E-state index in [1.807, 2.05) is 0 Å². The zero-order valence-corrected chi connectivity index (χ0v) is 23.6. The number of aliphatic hydroxyl groups excluding tert-OH is 3. The fraction of sp³-hybridized carbons (Fsp3) is 0.429. The highest BCUT2D eigenvalue weighted by atomic mass is 16.7. The van der Waals surface area contributed by atoms with Crippen LogP contribution in [0.5, 0.6) is 5.75 Å². The summed E-state index contributed by atoms with van der Waals surface area (Å²) in [5, 5.41) is 44.8. The molecule has 3 rings (SSSR count). The Balaban J connectivity index is 1.66. The van der Waals surface area contributed by atoms with Crippen LogP contribution in [0.15, 0.2) is 36.4 Å². The highest BCUT2D eigenvalue weighted by molar-refractivity contribution is 6.13. The zero-order chi connectivity index (χ0) is 32.4. The van der Waals surface area contributed by atoms with E-state index in [1.165, 1.54) is 18.2 Å². The van der Waals surface area contributed by atoms with Crippen molar-refractivity contribution in [3.63, 3.8) is 0 Å². The number of aliphatic hydroxyl groups is 3. The van der Waals surface area contributed by atoms with Gasteiger partial charge in [-0.25, -0.2) is 4.79 Å². The van der Waals surface area contributed by atoms with Gasteiger partial charge in [0.15, 0.2) is 6.10 Å². The van der Waals surface area contributed by atoms with Gasteiger partial charge in [-0.2, -0.15) is 0 Å². The monoisotopic (exact) mass is 619 g/mol. The first-order chi connectivity index (χ1) is 20.9. The van der Waals surface area contributed by atoms with Crippen LogP contribution in [0, 0.1) is 0 Å². The van der Waals surface area contributed by atoms with Gasteiger partial charge in [-0.15, -0.1) is 0 Å². The molecule has 0 aromatic heterocycles. The summed E-state index contributed by atoms with van der Waals surface area (Å²) in [7, 11) is 0. The summed E-state index contributed by atoms with van der Waals surface area (Å²) in [6.07, 6.45) is -4.19. The molecule has 238 valence electrons. The minimum atomic E-state index is -1.93. The van der Waals surface area contributed by atoms with E-state index in [0.29, 0.717) is 5.56 Å². The number of hydrogen-bond donors (Lipinski definition) is 6. The molecule has 2 aliphatic heterocycles. The highest BCUT2D eigenvalue weighted by Gasteiger charge is 2.48. The Morgan fingerprint density at radius 3 is 2.36 bits per heavy atom. The van der Waals surface area contributed by atoms with E-state index in [4.69, 9.17) is 14.2 Å². The lowest BCUT2D eigenvalue weighted by molar-refractivity contribution is -0.271. The molecule has 0 saturated carbocycles. The third-order valence-corrected chi connectivity index (χ3v) is 6.41. The third kappa shape index (κ3) is 9.18. The van der Waals surface area contributed by atoms with Crippen LogP contribution in [0.3, 0.4) is 0 Å². The van der Waals surface area contributed by atoms with Gasteiger partial charge < -0.3 is 45.3 Å². The first-order valence-electron chi connectivity index (χ1n) is 13.6. The molecule has 1 aromatic rings. The second-order valence-corrected chi connectivity index (χ2v) is 9.61. The van der Waals surface area contributed by atoms with E-state index in [1.54, 1.807) is 19.1 Å². The number of aliphatic carboxylic acids is 1. The van der Waals surface area contributed by atoms with Gasteiger partial charge in [-0.3, -0.25) is 28.9 Å². The number of anilines is 1. The van der Waals surface area contributed by atoms with Crippen LogP contribution >= 0.6 is 0 Å². The van der Waals surface area contributed by atoms with Gasteiger partial charge in [0.1, 0.15) is 30.7 Å². The molecule has 16 nitrogen and oxygen atoms in total. The number of carbonyl (C=O) groups excluding carboxylic acids is 5. The standard InChI is InChI=1S/C28H33N3O13/c1-2-22(36)42-13-3-4-15-5-6-17(43-28-25(39)23(37)24(38)26(44-28)27(40)41)16(14-15)30-19(33)9-11-29-18(32)10-12-31-20(34)7-8-21(31)35/h3-8,14,23-26,28,37-39H,2,9-13H2,1H3,(H,29,32)(H,30,33)(H,40,41)/b4-3+/t23-,24-,25+,26-,28+/m0/s1. The first kappa shape index (κ1) is 33.9. The van der Waals surface area contributed by atoms with Crippen molar-refractivity contribution in [2.75, 3.05) is 25.0 Å². The SMILES string of the molecule is CCC(=O)OC/C=C/c1ccc(O[C@@H]2O[C@H](C(=O)O)[C@@H](O)[C@H](O)[C@H]2O)c(NC(=O)CCNC(=O)CCN2C(=O)C=CC2=O)c1. The van der Waals surface area contributed by atoms with Crippen molar-refractivity contribution in [3.8, 4) is 5.75 Å². The molecule has 1 saturated heterocycles. The Bertz CT molecular complexity index is 1310. The number of nitrogens with one attached hydrogen (secondary N) is 2. The largest absolute Gasteiger partial charge is 0.479 e. The molecule has 2 heterocycles. The second kappa shape index (κ2) is 15.7. The lowest BCUT2D eigenvalue weighted by Crippen LogP contribution is -2.61. The molecule has 4 amide bonds. The van der Waals surface area contributed by atoms with Crippen molar-refractivity contribution in [3.05, 3.63) is 42.0 Å². The summed E-state index contributed by atoms with van der Waals surface area (Å²) in [5.74, 6) is -4.22. The summed E-state index contributed by atoms with van der Waals surface area (Å²) in [6, 6.07) is 4.36. The minimum absolute atomic E-state index is 0.0121.